The third kappa shape index (κ3) is 4.10. The van der Waals surface area contributed by atoms with Crippen LogP contribution in [0.1, 0.15) is 47.5 Å². The number of hydrogen-bond donors (Lipinski definition) is 1. The van der Waals surface area contributed by atoms with Gasteiger partial charge in [0.05, 0.1) is 0 Å². The molecule has 1 N–H and O–H groups in total. The van der Waals surface area contributed by atoms with E-state index in [2.05, 4.69) is 26.1 Å². The molecule has 1 saturated heterocycles. The van der Waals surface area contributed by atoms with Crippen molar-refractivity contribution in [3.05, 3.63) is 0 Å². The van der Waals surface area contributed by atoms with E-state index in [1.54, 1.807) is 0 Å². The summed E-state index contributed by atoms with van der Waals surface area (Å²) in [6.45, 7) is 13.5. The first kappa shape index (κ1) is 12.0. The van der Waals surface area contributed by atoms with E-state index in [0.29, 0.717) is 5.41 Å². The predicted octanol–water partition coefficient (Wildman–Crippen LogP) is 3.06. The van der Waals surface area contributed by atoms with Crippen LogP contribution in [0.15, 0.2) is 0 Å². The van der Waals surface area contributed by atoms with Crippen LogP contribution in [-0.4, -0.2) is 13.1 Å². The molecular weight excluding hydrogens is 146 g/mol. The van der Waals surface area contributed by atoms with Gasteiger partial charge in [-0.05, 0) is 37.3 Å². The Hall–Kier alpha value is -0.0400. The van der Waals surface area contributed by atoms with Gasteiger partial charge in [0.15, 0.2) is 0 Å². The average Bonchev–Trinajstić information content (AvgIpc) is 2.08. The second kappa shape index (κ2) is 5.58. The number of nitrogens with one attached hydrogen (secondary N) is 1. The summed E-state index contributed by atoms with van der Waals surface area (Å²) in [4.78, 5) is 0. The Morgan fingerprint density at radius 3 is 2.00 bits per heavy atom. The minimum Gasteiger partial charge on any atom is -0.316 e. The van der Waals surface area contributed by atoms with E-state index in [-0.39, 0.29) is 0 Å². The molecular formula is C11H25N. The number of rotatable bonds is 0. The van der Waals surface area contributed by atoms with Crippen molar-refractivity contribution in [1.29, 1.82) is 0 Å². The lowest BCUT2D eigenvalue weighted by Gasteiger charge is -2.34. The van der Waals surface area contributed by atoms with E-state index in [9.17, 15) is 0 Å². The molecule has 1 fully saturated rings. The van der Waals surface area contributed by atoms with Crippen LogP contribution in [0.3, 0.4) is 0 Å². The van der Waals surface area contributed by atoms with E-state index in [1.165, 1.54) is 25.9 Å². The van der Waals surface area contributed by atoms with Crippen molar-refractivity contribution in [3.8, 4) is 0 Å². The maximum absolute atomic E-state index is 3.44. The fraction of sp³-hybridized carbons (Fsp3) is 1.00. The molecule has 0 amide bonds. The highest BCUT2D eigenvalue weighted by molar-refractivity contribution is 4.79. The first-order valence-electron chi connectivity index (χ1n) is 5.31. The molecule has 1 rings (SSSR count). The van der Waals surface area contributed by atoms with Crippen molar-refractivity contribution in [3.63, 3.8) is 0 Å². The maximum Gasteiger partial charge on any atom is -0.00155 e. The second-order valence-corrected chi connectivity index (χ2v) is 4.41. The van der Waals surface area contributed by atoms with Gasteiger partial charge in [-0.2, -0.15) is 0 Å². The SMILES string of the molecule is CC.CC(C)(C)[C@@H]1CCCNC1. The molecule has 0 unspecified atom stereocenters. The topological polar surface area (TPSA) is 12.0 Å². The maximum atomic E-state index is 3.44. The summed E-state index contributed by atoms with van der Waals surface area (Å²) < 4.78 is 0. The Labute approximate surface area is 77.9 Å². The lowest BCUT2D eigenvalue weighted by molar-refractivity contribution is 0.193. The molecule has 0 bridgehead atoms. The molecule has 1 heteroatoms. The fourth-order valence-electron chi connectivity index (χ4n) is 1.59. The van der Waals surface area contributed by atoms with Crippen LogP contribution in [0.25, 0.3) is 0 Å². The molecule has 0 spiro atoms. The van der Waals surface area contributed by atoms with Gasteiger partial charge in [0.25, 0.3) is 0 Å². The highest BCUT2D eigenvalue weighted by Gasteiger charge is 2.25. The molecule has 0 aromatic rings. The van der Waals surface area contributed by atoms with Gasteiger partial charge in [0, 0.05) is 0 Å². The minimum atomic E-state index is 0.507. The molecule has 0 radical (unpaired) electrons. The van der Waals surface area contributed by atoms with E-state index >= 15 is 0 Å². The summed E-state index contributed by atoms with van der Waals surface area (Å²) in [5.74, 6) is 0.890. The van der Waals surface area contributed by atoms with Crippen LogP contribution in [-0.2, 0) is 0 Å². The molecule has 0 aromatic carbocycles. The molecule has 0 aliphatic carbocycles. The van der Waals surface area contributed by atoms with Crippen molar-refractivity contribution in [2.45, 2.75) is 47.5 Å². The zero-order chi connectivity index (χ0) is 9.61. The normalized spacial score (nSPS) is 24.2. The quantitative estimate of drug-likeness (QED) is 0.590. The monoisotopic (exact) mass is 171 g/mol. The highest BCUT2D eigenvalue weighted by Crippen LogP contribution is 2.30. The predicted molar refractivity (Wildman–Crippen MR) is 56.4 cm³/mol. The van der Waals surface area contributed by atoms with Gasteiger partial charge in [-0.15, -0.1) is 0 Å². The molecule has 74 valence electrons. The van der Waals surface area contributed by atoms with Crippen LogP contribution in [0.2, 0.25) is 0 Å². The van der Waals surface area contributed by atoms with Gasteiger partial charge in [0.1, 0.15) is 0 Å². The third-order valence-electron chi connectivity index (χ3n) is 2.52. The summed E-state index contributed by atoms with van der Waals surface area (Å²) in [5.41, 5.74) is 0.507. The van der Waals surface area contributed by atoms with Gasteiger partial charge in [-0.1, -0.05) is 34.6 Å². The van der Waals surface area contributed by atoms with E-state index in [0.717, 1.165) is 5.92 Å². The smallest absolute Gasteiger partial charge is 0.00155 e. The number of hydrogen-bond acceptors (Lipinski definition) is 1. The lowest BCUT2D eigenvalue weighted by atomic mass is 9.77. The summed E-state index contributed by atoms with van der Waals surface area (Å²) in [6.07, 6.45) is 2.78. The van der Waals surface area contributed by atoms with Crippen LogP contribution in [0.4, 0.5) is 0 Å². The average molecular weight is 171 g/mol. The Morgan fingerprint density at radius 2 is 1.75 bits per heavy atom. The van der Waals surface area contributed by atoms with Crippen LogP contribution >= 0.6 is 0 Å². The zero-order valence-electron chi connectivity index (χ0n) is 9.41. The van der Waals surface area contributed by atoms with E-state index < -0.39 is 0 Å². The van der Waals surface area contributed by atoms with Gasteiger partial charge in [0.2, 0.25) is 0 Å². The Bertz CT molecular complexity index is 96.1. The molecule has 12 heavy (non-hydrogen) atoms. The molecule has 1 nitrogen and oxygen atoms in total. The van der Waals surface area contributed by atoms with Crippen LogP contribution in [0.5, 0.6) is 0 Å². The molecule has 1 aliphatic rings. The standard InChI is InChI=1S/C9H19N.C2H6/c1-9(2,3)8-5-4-6-10-7-8;1-2/h8,10H,4-7H2,1-3H3;1-2H3/t8-;/m1./s1. The second-order valence-electron chi connectivity index (χ2n) is 4.41. The lowest BCUT2D eigenvalue weighted by Crippen LogP contribution is -2.36. The zero-order valence-corrected chi connectivity index (χ0v) is 9.41. The summed E-state index contributed by atoms with van der Waals surface area (Å²) >= 11 is 0. The van der Waals surface area contributed by atoms with Crippen LogP contribution in [0, 0.1) is 11.3 Å². The summed E-state index contributed by atoms with van der Waals surface area (Å²) in [7, 11) is 0. The third-order valence-corrected chi connectivity index (χ3v) is 2.52. The number of piperidine rings is 1. The van der Waals surface area contributed by atoms with Crippen molar-refractivity contribution in [2.75, 3.05) is 13.1 Å². The van der Waals surface area contributed by atoms with Gasteiger partial charge in [-0.3, -0.25) is 0 Å². The van der Waals surface area contributed by atoms with E-state index in [1.807, 2.05) is 13.8 Å². The van der Waals surface area contributed by atoms with E-state index in [4.69, 9.17) is 0 Å². The van der Waals surface area contributed by atoms with Crippen LogP contribution < -0.4 is 5.32 Å². The van der Waals surface area contributed by atoms with Crippen molar-refractivity contribution >= 4 is 0 Å². The molecule has 0 aromatic heterocycles. The Morgan fingerprint density at radius 1 is 1.17 bits per heavy atom. The molecule has 1 atom stereocenters. The fourth-order valence-corrected chi connectivity index (χ4v) is 1.59. The van der Waals surface area contributed by atoms with Gasteiger partial charge < -0.3 is 5.32 Å². The van der Waals surface area contributed by atoms with Crippen molar-refractivity contribution < 1.29 is 0 Å². The van der Waals surface area contributed by atoms with Gasteiger partial charge >= 0.3 is 0 Å². The molecule has 0 saturated carbocycles. The first-order valence-corrected chi connectivity index (χ1v) is 5.31. The largest absolute Gasteiger partial charge is 0.316 e. The van der Waals surface area contributed by atoms with Crippen molar-refractivity contribution in [1.82, 2.24) is 5.32 Å². The van der Waals surface area contributed by atoms with Crippen molar-refractivity contribution in [2.24, 2.45) is 11.3 Å². The Balaban J connectivity index is 0.000000561. The molecule has 1 aliphatic heterocycles. The Kier molecular flexibility index (Phi) is 5.56. The molecule has 1 heterocycles. The minimum absolute atomic E-state index is 0.507. The summed E-state index contributed by atoms with van der Waals surface area (Å²) in [5, 5.41) is 3.44. The first-order chi connectivity index (χ1) is 5.61. The van der Waals surface area contributed by atoms with Gasteiger partial charge in [-0.25, -0.2) is 0 Å². The summed E-state index contributed by atoms with van der Waals surface area (Å²) in [6, 6.07) is 0. The highest BCUT2D eigenvalue weighted by atomic mass is 14.9.